The third-order valence-corrected chi connectivity index (χ3v) is 2.84. The van der Waals surface area contributed by atoms with E-state index >= 15 is 0 Å². The van der Waals surface area contributed by atoms with Crippen molar-refractivity contribution in [2.45, 2.75) is 24.5 Å². The van der Waals surface area contributed by atoms with Crippen LogP contribution in [0.15, 0.2) is 16.9 Å². The Kier molecular flexibility index (Phi) is 1.97. The molecule has 1 aromatic rings. The van der Waals surface area contributed by atoms with Crippen molar-refractivity contribution in [2.24, 2.45) is 0 Å². The van der Waals surface area contributed by atoms with Crippen molar-refractivity contribution >= 4 is 12.6 Å². The Morgan fingerprint density at radius 2 is 2.33 bits per heavy atom. The molecule has 1 atom stereocenters. The molecule has 1 aromatic heterocycles. The van der Waals surface area contributed by atoms with E-state index in [1.54, 1.807) is 6.07 Å². The van der Waals surface area contributed by atoms with E-state index in [1.807, 2.05) is 6.07 Å². The van der Waals surface area contributed by atoms with Gasteiger partial charge in [-0.25, -0.2) is 0 Å². The lowest BCUT2D eigenvalue weighted by Crippen LogP contribution is -2.14. The fraction of sp³-hybridized carbons (Fsp3) is 0.444. The molecule has 0 radical (unpaired) electrons. The number of nitrogens with one attached hydrogen (secondary N) is 1. The van der Waals surface area contributed by atoms with Crippen molar-refractivity contribution in [1.29, 1.82) is 0 Å². The third kappa shape index (κ3) is 1.29. The monoisotopic (exact) mass is 181 g/mol. The zero-order valence-corrected chi connectivity index (χ0v) is 7.60. The van der Waals surface area contributed by atoms with Gasteiger partial charge in [-0.1, -0.05) is 6.07 Å². The quantitative estimate of drug-likeness (QED) is 0.586. The Morgan fingerprint density at radius 1 is 1.50 bits per heavy atom. The molecule has 0 aliphatic heterocycles. The Labute approximate surface area is 76.4 Å². The van der Waals surface area contributed by atoms with E-state index in [0.29, 0.717) is 5.25 Å². The van der Waals surface area contributed by atoms with Gasteiger partial charge in [-0.05, 0) is 24.8 Å². The summed E-state index contributed by atoms with van der Waals surface area (Å²) >= 11 is 4.45. The first-order valence-corrected chi connectivity index (χ1v) is 4.69. The van der Waals surface area contributed by atoms with E-state index in [0.717, 1.165) is 25.0 Å². The highest BCUT2D eigenvalue weighted by Crippen LogP contribution is 2.31. The minimum atomic E-state index is -0.00353. The third-order valence-electron chi connectivity index (χ3n) is 2.30. The highest BCUT2D eigenvalue weighted by Gasteiger charge is 2.16. The van der Waals surface area contributed by atoms with Crippen LogP contribution < -0.4 is 5.56 Å². The van der Waals surface area contributed by atoms with Crippen LogP contribution in [0.5, 0.6) is 0 Å². The maximum Gasteiger partial charge on any atom is 0.248 e. The van der Waals surface area contributed by atoms with Gasteiger partial charge in [0.2, 0.25) is 5.56 Å². The van der Waals surface area contributed by atoms with Crippen LogP contribution in [0, 0.1) is 0 Å². The average Bonchev–Trinajstić information content (AvgIpc) is 2.04. The van der Waals surface area contributed by atoms with Crippen LogP contribution in [0.1, 0.15) is 29.3 Å². The lowest BCUT2D eigenvalue weighted by molar-refractivity contribution is 0.657. The number of pyridine rings is 1. The van der Waals surface area contributed by atoms with Crippen molar-refractivity contribution in [3.8, 4) is 0 Å². The molecule has 0 amide bonds. The second-order valence-electron chi connectivity index (χ2n) is 3.16. The van der Waals surface area contributed by atoms with Crippen LogP contribution in [0.25, 0.3) is 0 Å². The Hall–Kier alpha value is -0.700. The van der Waals surface area contributed by atoms with Gasteiger partial charge in [0.1, 0.15) is 0 Å². The van der Waals surface area contributed by atoms with Crippen LogP contribution in [0.3, 0.4) is 0 Å². The molecule has 1 aliphatic rings. The maximum absolute atomic E-state index is 11.0. The largest absolute Gasteiger partial charge is 0.326 e. The average molecular weight is 181 g/mol. The minimum absolute atomic E-state index is 0.00353. The number of fused-ring (bicyclic) bond motifs is 1. The molecule has 1 heterocycles. The van der Waals surface area contributed by atoms with Gasteiger partial charge < -0.3 is 4.98 Å². The number of rotatable bonds is 0. The summed E-state index contributed by atoms with van der Waals surface area (Å²) in [6.07, 6.45) is 3.23. The van der Waals surface area contributed by atoms with Gasteiger partial charge in [0.05, 0.1) is 0 Å². The number of aromatic amines is 1. The van der Waals surface area contributed by atoms with Gasteiger partial charge in [0.15, 0.2) is 0 Å². The zero-order chi connectivity index (χ0) is 8.55. The number of aryl methyl sites for hydroxylation is 1. The molecule has 0 spiro atoms. The topological polar surface area (TPSA) is 32.9 Å². The van der Waals surface area contributed by atoms with Gasteiger partial charge in [-0.2, -0.15) is 12.6 Å². The summed E-state index contributed by atoms with van der Waals surface area (Å²) in [7, 11) is 0. The van der Waals surface area contributed by atoms with Gasteiger partial charge in [-0.15, -0.1) is 0 Å². The second-order valence-corrected chi connectivity index (χ2v) is 3.79. The molecule has 0 bridgehead atoms. The van der Waals surface area contributed by atoms with Crippen LogP contribution in [0.2, 0.25) is 0 Å². The SMILES string of the molecule is O=c1ccc2c([nH]1)CCCC2S. The van der Waals surface area contributed by atoms with Crippen molar-refractivity contribution in [3.05, 3.63) is 33.7 Å². The van der Waals surface area contributed by atoms with Crippen molar-refractivity contribution in [2.75, 3.05) is 0 Å². The van der Waals surface area contributed by atoms with Crippen LogP contribution in [0.4, 0.5) is 0 Å². The number of H-pyrrole nitrogens is 1. The lowest BCUT2D eigenvalue weighted by atomic mass is 9.96. The number of hydrogen-bond donors (Lipinski definition) is 2. The van der Waals surface area contributed by atoms with Gasteiger partial charge in [-0.3, -0.25) is 4.79 Å². The summed E-state index contributed by atoms with van der Waals surface area (Å²) < 4.78 is 0. The molecule has 64 valence electrons. The fourth-order valence-electron chi connectivity index (χ4n) is 1.68. The first-order chi connectivity index (χ1) is 5.77. The zero-order valence-electron chi connectivity index (χ0n) is 6.71. The fourth-order valence-corrected chi connectivity index (χ4v) is 2.10. The van der Waals surface area contributed by atoms with E-state index in [-0.39, 0.29) is 5.56 Å². The molecule has 0 saturated heterocycles. The van der Waals surface area contributed by atoms with E-state index < -0.39 is 0 Å². The molecular weight excluding hydrogens is 170 g/mol. The number of thiol groups is 1. The molecule has 1 unspecified atom stereocenters. The predicted octanol–water partition coefficient (Wildman–Crippen LogP) is 1.68. The normalized spacial score (nSPS) is 21.9. The number of aromatic nitrogens is 1. The predicted molar refractivity (Wildman–Crippen MR) is 51.7 cm³/mol. The van der Waals surface area contributed by atoms with Crippen molar-refractivity contribution in [3.63, 3.8) is 0 Å². The summed E-state index contributed by atoms with van der Waals surface area (Å²) in [6.45, 7) is 0. The highest BCUT2D eigenvalue weighted by atomic mass is 32.1. The van der Waals surface area contributed by atoms with Crippen molar-refractivity contribution < 1.29 is 0 Å². The first kappa shape index (κ1) is 7.92. The molecule has 2 rings (SSSR count). The van der Waals surface area contributed by atoms with Crippen molar-refractivity contribution in [1.82, 2.24) is 4.98 Å². The van der Waals surface area contributed by atoms with E-state index in [9.17, 15) is 4.79 Å². The Balaban J connectivity index is 2.53. The van der Waals surface area contributed by atoms with Gasteiger partial charge in [0, 0.05) is 17.0 Å². The summed E-state index contributed by atoms with van der Waals surface area (Å²) in [5.74, 6) is 0. The first-order valence-electron chi connectivity index (χ1n) is 4.17. The van der Waals surface area contributed by atoms with Gasteiger partial charge >= 0.3 is 0 Å². The molecule has 1 N–H and O–H groups in total. The molecule has 2 nitrogen and oxygen atoms in total. The molecule has 12 heavy (non-hydrogen) atoms. The Morgan fingerprint density at radius 3 is 3.17 bits per heavy atom. The minimum Gasteiger partial charge on any atom is -0.326 e. The summed E-state index contributed by atoms with van der Waals surface area (Å²) in [6, 6.07) is 3.47. The second kappa shape index (κ2) is 2.98. The Bertz CT molecular complexity index is 345. The molecule has 0 saturated carbocycles. The summed E-state index contributed by atoms with van der Waals surface area (Å²) in [5, 5.41) is 0.311. The van der Waals surface area contributed by atoms with Gasteiger partial charge in [0.25, 0.3) is 0 Å². The smallest absolute Gasteiger partial charge is 0.248 e. The highest BCUT2D eigenvalue weighted by molar-refractivity contribution is 7.80. The maximum atomic E-state index is 11.0. The molecule has 0 aromatic carbocycles. The van der Waals surface area contributed by atoms with Crippen LogP contribution in [-0.4, -0.2) is 4.98 Å². The summed E-state index contributed by atoms with van der Waals surface area (Å²) in [4.78, 5) is 13.8. The molecule has 1 aliphatic carbocycles. The molecular formula is C9H11NOS. The molecule has 3 heteroatoms. The van der Waals surface area contributed by atoms with E-state index in [4.69, 9.17) is 0 Å². The van der Waals surface area contributed by atoms with E-state index in [1.165, 1.54) is 5.56 Å². The van der Waals surface area contributed by atoms with Crippen LogP contribution >= 0.6 is 12.6 Å². The van der Waals surface area contributed by atoms with E-state index in [2.05, 4.69) is 17.6 Å². The van der Waals surface area contributed by atoms with Crippen LogP contribution in [-0.2, 0) is 6.42 Å². The lowest BCUT2D eigenvalue weighted by Gasteiger charge is -2.20. The summed E-state index contributed by atoms with van der Waals surface area (Å²) in [5.41, 5.74) is 2.27. The molecule has 0 fully saturated rings. The standard InChI is InChI=1S/C9H11NOS/c11-9-5-4-6-7(10-9)2-1-3-8(6)12/h4-5,8,12H,1-3H2,(H,10,11). The number of hydrogen-bond acceptors (Lipinski definition) is 2.